The van der Waals surface area contributed by atoms with Gasteiger partial charge in [-0.3, -0.25) is 0 Å². The molecule has 0 amide bonds. The van der Waals surface area contributed by atoms with E-state index in [9.17, 15) is 5.11 Å². The minimum Gasteiger partial charge on any atom is -0.508 e. The van der Waals surface area contributed by atoms with Crippen molar-refractivity contribution in [1.82, 2.24) is 0 Å². The molecule has 0 saturated carbocycles. The molecule has 1 N–H and O–H groups in total. The first-order chi connectivity index (χ1) is 7.22. The molecular weight excluding hydrogens is 188 g/mol. The molecule has 0 aliphatic carbocycles. The van der Waals surface area contributed by atoms with Crippen molar-refractivity contribution in [3.63, 3.8) is 0 Å². The number of hydrogen-bond donors (Lipinski definition) is 1. The zero-order chi connectivity index (χ0) is 11.3. The van der Waals surface area contributed by atoms with E-state index in [0.29, 0.717) is 5.75 Å². The van der Waals surface area contributed by atoms with Crippen LogP contribution in [0.4, 0.5) is 0 Å². The maximum atomic E-state index is 9.72. The van der Waals surface area contributed by atoms with Gasteiger partial charge >= 0.3 is 0 Å². The molecule has 2 heteroatoms. The average molecular weight is 208 g/mol. The number of phenolic OH excluding ortho intramolecular Hbond substituents is 1. The van der Waals surface area contributed by atoms with E-state index < -0.39 is 0 Å². The highest BCUT2D eigenvalue weighted by Crippen LogP contribution is 2.29. The van der Waals surface area contributed by atoms with E-state index in [1.54, 1.807) is 0 Å². The van der Waals surface area contributed by atoms with Crippen LogP contribution in [0.1, 0.15) is 38.3 Å². The molecule has 1 rings (SSSR count). The Morgan fingerprint density at radius 1 is 1.07 bits per heavy atom. The molecule has 0 heterocycles. The summed E-state index contributed by atoms with van der Waals surface area (Å²) in [5, 5.41) is 9.72. The lowest BCUT2D eigenvalue weighted by Crippen LogP contribution is -1.99. The molecule has 1 aromatic rings. The topological polar surface area (TPSA) is 29.5 Å². The van der Waals surface area contributed by atoms with Crippen LogP contribution in [0, 0.1) is 0 Å². The zero-order valence-corrected chi connectivity index (χ0v) is 9.84. The molecule has 2 nitrogen and oxygen atoms in total. The maximum absolute atomic E-state index is 9.72. The van der Waals surface area contributed by atoms with Crippen LogP contribution in [0.25, 0.3) is 0 Å². The van der Waals surface area contributed by atoms with Crippen molar-refractivity contribution >= 4 is 0 Å². The van der Waals surface area contributed by atoms with Gasteiger partial charge in [-0.1, -0.05) is 20.8 Å². The number of benzene rings is 1. The van der Waals surface area contributed by atoms with Crippen LogP contribution in [-0.2, 0) is 12.8 Å². The summed E-state index contributed by atoms with van der Waals surface area (Å²) in [5.41, 5.74) is 2.04. The van der Waals surface area contributed by atoms with E-state index in [2.05, 4.69) is 13.8 Å². The van der Waals surface area contributed by atoms with Gasteiger partial charge in [0.25, 0.3) is 0 Å². The van der Waals surface area contributed by atoms with E-state index in [0.717, 1.165) is 42.7 Å². The van der Waals surface area contributed by atoms with E-state index in [1.807, 2.05) is 19.1 Å². The Morgan fingerprint density at radius 3 is 2.27 bits per heavy atom. The van der Waals surface area contributed by atoms with Gasteiger partial charge in [-0.15, -0.1) is 0 Å². The van der Waals surface area contributed by atoms with Crippen molar-refractivity contribution in [2.45, 2.75) is 40.0 Å². The number of ether oxygens (including phenoxy) is 1. The first-order valence-corrected chi connectivity index (χ1v) is 5.70. The van der Waals surface area contributed by atoms with Gasteiger partial charge in [-0.25, -0.2) is 0 Å². The zero-order valence-electron chi connectivity index (χ0n) is 9.84. The number of phenols is 1. The standard InChI is InChI=1S/C13H20O2/c1-4-7-15-13-9-10(5-2)12(14)8-11(13)6-3/h8-9,14H,4-7H2,1-3H3. The van der Waals surface area contributed by atoms with Crippen molar-refractivity contribution in [3.05, 3.63) is 23.3 Å². The Bertz CT molecular complexity index is 319. The highest BCUT2D eigenvalue weighted by molar-refractivity contribution is 5.45. The summed E-state index contributed by atoms with van der Waals surface area (Å²) >= 11 is 0. The lowest BCUT2D eigenvalue weighted by Gasteiger charge is -2.12. The quantitative estimate of drug-likeness (QED) is 0.804. The molecule has 0 aliphatic rings. The first kappa shape index (κ1) is 11.9. The fraction of sp³-hybridized carbons (Fsp3) is 0.538. The molecule has 0 fully saturated rings. The predicted octanol–water partition coefficient (Wildman–Crippen LogP) is 3.31. The van der Waals surface area contributed by atoms with Crippen LogP contribution in [0.2, 0.25) is 0 Å². The Hall–Kier alpha value is -1.18. The monoisotopic (exact) mass is 208 g/mol. The van der Waals surface area contributed by atoms with Crippen LogP contribution < -0.4 is 4.74 Å². The van der Waals surface area contributed by atoms with Crippen molar-refractivity contribution < 1.29 is 9.84 Å². The van der Waals surface area contributed by atoms with Crippen LogP contribution in [0.5, 0.6) is 11.5 Å². The molecule has 15 heavy (non-hydrogen) atoms. The van der Waals surface area contributed by atoms with E-state index in [4.69, 9.17) is 4.74 Å². The van der Waals surface area contributed by atoms with Gasteiger partial charge in [0, 0.05) is 0 Å². The molecular formula is C13H20O2. The number of aromatic hydroxyl groups is 1. The molecule has 0 radical (unpaired) electrons. The molecule has 84 valence electrons. The fourth-order valence-electron chi connectivity index (χ4n) is 1.56. The van der Waals surface area contributed by atoms with Crippen molar-refractivity contribution in [2.24, 2.45) is 0 Å². The summed E-state index contributed by atoms with van der Waals surface area (Å²) in [5.74, 6) is 1.31. The summed E-state index contributed by atoms with van der Waals surface area (Å²) in [6, 6.07) is 3.79. The van der Waals surface area contributed by atoms with E-state index >= 15 is 0 Å². The Morgan fingerprint density at radius 2 is 1.73 bits per heavy atom. The normalized spacial score (nSPS) is 10.3. The molecule has 1 aromatic carbocycles. The lowest BCUT2D eigenvalue weighted by molar-refractivity contribution is 0.313. The third-order valence-electron chi connectivity index (χ3n) is 2.49. The average Bonchev–Trinajstić information content (AvgIpc) is 2.26. The second-order valence-electron chi connectivity index (χ2n) is 3.64. The second kappa shape index (κ2) is 5.64. The number of hydrogen-bond acceptors (Lipinski definition) is 2. The van der Waals surface area contributed by atoms with Crippen LogP contribution in [0.3, 0.4) is 0 Å². The summed E-state index contributed by atoms with van der Waals surface area (Å²) in [6.07, 6.45) is 2.72. The molecule has 0 bridgehead atoms. The van der Waals surface area contributed by atoms with E-state index in [-0.39, 0.29) is 0 Å². The van der Waals surface area contributed by atoms with Gasteiger partial charge in [-0.05, 0) is 42.5 Å². The first-order valence-electron chi connectivity index (χ1n) is 5.70. The highest BCUT2D eigenvalue weighted by atomic mass is 16.5. The Balaban J connectivity index is 2.99. The van der Waals surface area contributed by atoms with Gasteiger partial charge in [-0.2, -0.15) is 0 Å². The predicted molar refractivity (Wildman–Crippen MR) is 62.6 cm³/mol. The van der Waals surface area contributed by atoms with Crippen LogP contribution in [-0.4, -0.2) is 11.7 Å². The Kier molecular flexibility index (Phi) is 4.47. The smallest absolute Gasteiger partial charge is 0.123 e. The van der Waals surface area contributed by atoms with Gasteiger partial charge in [0.2, 0.25) is 0 Å². The molecule has 0 atom stereocenters. The van der Waals surface area contributed by atoms with Crippen molar-refractivity contribution in [2.75, 3.05) is 6.61 Å². The van der Waals surface area contributed by atoms with Crippen molar-refractivity contribution in [3.8, 4) is 11.5 Å². The molecule has 0 spiro atoms. The second-order valence-corrected chi connectivity index (χ2v) is 3.64. The summed E-state index contributed by atoms with van der Waals surface area (Å²) in [7, 11) is 0. The van der Waals surface area contributed by atoms with E-state index in [1.165, 1.54) is 0 Å². The molecule has 0 aromatic heterocycles. The van der Waals surface area contributed by atoms with Crippen LogP contribution in [0.15, 0.2) is 12.1 Å². The fourth-order valence-corrected chi connectivity index (χ4v) is 1.56. The number of aryl methyl sites for hydroxylation is 2. The maximum Gasteiger partial charge on any atom is 0.123 e. The molecule has 0 saturated heterocycles. The van der Waals surface area contributed by atoms with Crippen molar-refractivity contribution in [1.29, 1.82) is 0 Å². The van der Waals surface area contributed by atoms with Gasteiger partial charge in [0.15, 0.2) is 0 Å². The summed E-state index contributed by atoms with van der Waals surface area (Å²) in [6.45, 7) is 6.93. The summed E-state index contributed by atoms with van der Waals surface area (Å²) < 4.78 is 5.66. The highest BCUT2D eigenvalue weighted by Gasteiger charge is 2.07. The molecule has 0 unspecified atom stereocenters. The third kappa shape index (κ3) is 2.88. The largest absolute Gasteiger partial charge is 0.508 e. The van der Waals surface area contributed by atoms with Crippen LogP contribution >= 0.6 is 0 Å². The SMILES string of the molecule is CCCOc1cc(CC)c(O)cc1CC. The lowest BCUT2D eigenvalue weighted by atomic mass is 10.1. The minimum absolute atomic E-state index is 0.387. The summed E-state index contributed by atoms with van der Waals surface area (Å²) in [4.78, 5) is 0. The number of rotatable bonds is 5. The Labute approximate surface area is 91.9 Å². The van der Waals surface area contributed by atoms with Gasteiger partial charge in [0.1, 0.15) is 11.5 Å². The third-order valence-corrected chi connectivity index (χ3v) is 2.49. The van der Waals surface area contributed by atoms with Gasteiger partial charge in [0.05, 0.1) is 6.61 Å². The van der Waals surface area contributed by atoms with Gasteiger partial charge < -0.3 is 9.84 Å². The molecule has 0 aliphatic heterocycles. The minimum atomic E-state index is 0.387.